The molecular weight excluding hydrogens is 176 g/mol. The molecule has 2 nitrogen and oxygen atoms in total. The molecule has 1 rings (SSSR count). The Morgan fingerprint density at radius 3 is 2.57 bits per heavy atom. The number of rotatable bonds is 4. The summed E-state index contributed by atoms with van der Waals surface area (Å²) in [7, 11) is 0. The Bertz CT molecular complexity index is 288. The molecule has 75 valence electrons. The molecule has 0 saturated carbocycles. The van der Waals surface area contributed by atoms with E-state index >= 15 is 0 Å². The van der Waals surface area contributed by atoms with Gasteiger partial charge in [-0.1, -0.05) is 25.5 Å². The first kappa shape index (κ1) is 10.8. The fraction of sp³-hybridized carbons (Fsp3) is 0.333. The average Bonchev–Trinajstić information content (AvgIpc) is 2.19. The lowest BCUT2D eigenvalue weighted by Gasteiger charge is -2.03. The largest absolute Gasteiger partial charge is 0.462 e. The summed E-state index contributed by atoms with van der Waals surface area (Å²) in [6.45, 7) is 6.31. The van der Waals surface area contributed by atoms with Gasteiger partial charge in [0.2, 0.25) is 0 Å². The van der Waals surface area contributed by atoms with Crippen LogP contribution in [0.1, 0.15) is 35.7 Å². The Kier molecular flexibility index (Phi) is 4.17. The molecular formula is C12H15O2. The maximum absolute atomic E-state index is 11.4. The Morgan fingerprint density at radius 2 is 2.00 bits per heavy atom. The highest BCUT2D eigenvalue weighted by Gasteiger charge is 2.04. The smallest absolute Gasteiger partial charge is 0.338 e. The number of unbranched alkanes of at least 4 members (excludes halogenated alkanes) is 1. The zero-order valence-corrected chi connectivity index (χ0v) is 8.45. The third kappa shape index (κ3) is 3.21. The summed E-state index contributed by atoms with van der Waals surface area (Å²) in [6, 6.07) is 7.07. The molecule has 1 radical (unpaired) electrons. The molecule has 0 N–H and O–H groups in total. The van der Waals surface area contributed by atoms with Gasteiger partial charge in [-0.15, -0.1) is 0 Å². The molecule has 0 aromatic heterocycles. The van der Waals surface area contributed by atoms with Crippen molar-refractivity contribution < 1.29 is 9.53 Å². The second-order valence-electron chi connectivity index (χ2n) is 3.19. The molecule has 0 aliphatic carbocycles. The maximum Gasteiger partial charge on any atom is 0.338 e. The van der Waals surface area contributed by atoms with E-state index in [1.165, 1.54) is 0 Å². The first-order chi connectivity index (χ1) is 6.74. The van der Waals surface area contributed by atoms with Gasteiger partial charge in [0.1, 0.15) is 0 Å². The number of ether oxygens (including phenoxy) is 1. The second kappa shape index (κ2) is 5.43. The minimum Gasteiger partial charge on any atom is -0.462 e. The second-order valence-corrected chi connectivity index (χ2v) is 3.19. The molecule has 2 heteroatoms. The number of hydrogen-bond donors (Lipinski definition) is 0. The van der Waals surface area contributed by atoms with Gasteiger partial charge in [-0.2, -0.15) is 0 Å². The third-order valence-corrected chi connectivity index (χ3v) is 1.92. The number of carbonyl (C=O) groups is 1. The van der Waals surface area contributed by atoms with Crippen molar-refractivity contribution in [3.05, 3.63) is 42.3 Å². The summed E-state index contributed by atoms with van der Waals surface area (Å²) < 4.78 is 5.05. The molecule has 0 spiro atoms. The molecule has 0 aliphatic rings. The summed E-state index contributed by atoms with van der Waals surface area (Å²) >= 11 is 0. The van der Waals surface area contributed by atoms with Crippen LogP contribution in [0.5, 0.6) is 0 Å². The van der Waals surface area contributed by atoms with Crippen LogP contribution in [0.2, 0.25) is 0 Å². The van der Waals surface area contributed by atoms with Crippen molar-refractivity contribution in [2.24, 2.45) is 0 Å². The van der Waals surface area contributed by atoms with Crippen LogP contribution in [0.15, 0.2) is 24.3 Å². The van der Waals surface area contributed by atoms with Gasteiger partial charge in [-0.3, -0.25) is 0 Å². The third-order valence-electron chi connectivity index (χ3n) is 1.92. The van der Waals surface area contributed by atoms with Crippen LogP contribution in [-0.4, -0.2) is 12.6 Å². The minimum atomic E-state index is -0.251. The van der Waals surface area contributed by atoms with Crippen molar-refractivity contribution in [1.82, 2.24) is 0 Å². The molecule has 0 fully saturated rings. The monoisotopic (exact) mass is 191 g/mol. The van der Waals surface area contributed by atoms with Crippen molar-refractivity contribution >= 4 is 5.97 Å². The lowest BCUT2D eigenvalue weighted by atomic mass is 10.1. The molecule has 0 bridgehead atoms. The van der Waals surface area contributed by atoms with E-state index in [9.17, 15) is 4.79 Å². The molecule has 0 amide bonds. The minimum absolute atomic E-state index is 0.251. The van der Waals surface area contributed by atoms with E-state index in [-0.39, 0.29) is 5.97 Å². The van der Waals surface area contributed by atoms with Crippen LogP contribution in [0.3, 0.4) is 0 Å². The normalized spacial score (nSPS) is 9.86. The summed E-state index contributed by atoms with van der Waals surface area (Å²) in [4.78, 5) is 11.4. The van der Waals surface area contributed by atoms with Crippen molar-refractivity contribution in [3.63, 3.8) is 0 Å². The van der Waals surface area contributed by atoms with Crippen molar-refractivity contribution in [3.8, 4) is 0 Å². The van der Waals surface area contributed by atoms with Crippen LogP contribution in [0, 0.1) is 6.92 Å². The molecule has 0 atom stereocenters. The fourth-order valence-electron chi connectivity index (χ4n) is 1.03. The van der Waals surface area contributed by atoms with Crippen molar-refractivity contribution in [2.75, 3.05) is 6.61 Å². The summed E-state index contributed by atoms with van der Waals surface area (Å²) in [5.74, 6) is -0.251. The Hall–Kier alpha value is -1.31. The van der Waals surface area contributed by atoms with Gasteiger partial charge >= 0.3 is 5.97 Å². The van der Waals surface area contributed by atoms with E-state index in [1.807, 2.05) is 0 Å². The Morgan fingerprint density at radius 1 is 1.36 bits per heavy atom. The summed E-state index contributed by atoms with van der Waals surface area (Å²) in [5, 5.41) is 0. The molecule has 0 heterocycles. The van der Waals surface area contributed by atoms with Crippen LogP contribution in [0.25, 0.3) is 0 Å². The first-order valence-electron chi connectivity index (χ1n) is 4.83. The predicted octanol–water partition coefficient (Wildman–Crippen LogP) is 2.83. The number of carbonyl (C=O) groups excluding carboxylic acids is 1. The highest BCUT2D eigenvalue weighted by atomic mass is 16.5. The van der Waals surface area contributed by atoms with E-state index < -0.39 is 0 Å². The molecule has 0 unspecified atom stereocenters. The highest BCUT2D eigenvalue weighted by Crippen LogP contribution is 2.05. The van der Waals surface area contributed by atoms with E-state index in [1.54, 1.807) is 24.3 Å². The van der Waals surface area contributed by atoms with Gasteiger partial charge in [0, 0.05) is 0 Å². The van der Waals surface area contributed by atoms with Crippen LogP contribution >= 0.6 is 0 Å². The van der Waals surface area contributed by atoms with Gasteiger partial charge in [0.25, 0.3) is 0 Å². The van der Waals surface area contributed by atoms with Gasteiger partial charge in [0.05, 0.1) is 12.2 Å². The Balaban J connectivity index is 2.48. The Labute approximate surface area is 84.9 Å². The van der Waals surface area contributed by atoms with Crippen molar-refractivity contribution in [1.29, 1.82) is 0 Å². The summed E-state index contributed by atoms with van der Waals surface area (Å²) in [6.07, 6.45) is 1.95. The zero-order chi connectivity index (χ0) is 10.4. The number of esters is 1. The lowest BCUT2D eigenvalue weighted by Crippen LogP contribution is -2.05. The van der Waals surface area contributed by atoms with E-state index in [2.05, 4.69) is 13.8 Å². The molecule has 0 aliphatic heterocycles. The highest BCUT2D eigenvalue weighted by molar-refractivity contribution is 5.89. The SMILES string of the molecule is [CH2]c1ccc(C(=O)OCCCC)cc1. The van der Waals surface area contributed by atoms with E-state index in [0.717, 1.165) is 18.4 Å². The molecule has 1 aromatic carbocycles. The molecule has 1 aromatic rings. The quantitative estimate of drug-likeness (QED) is 0.540. The van der Waals surface area contributed by atoms with Crippen LogP contribution in [-0.2, 0) is 4.74 Å². The number of hydrogen-bond acceptors (Lipinski definition) is 2. The molecule has 0 saturated heterocycles. The maximum atomic E-state index is 11.4. The summed E-state index contributed by atoms with van der Waals surface area (Å²) in [5.41, 5.74) is 1.49. The molecule has 14 heavy (non-hydrogen) atoms. The van der Waals surface area contributed by atoms with E-state index in [0.29, 0.717) is 12.2 Å². The van der Waals surface area contributed by atoms with Crippen molar-refractivity contribution in [2.45, 2.75) is 19.8 Å². The van der Waals surface area contributed by atoms with Crippen LogP contribution in [0.4, 0.5) is 0 Å². The predicted molar refractivity (Wildman–Crippen MR) is 56.1 cm³/mol. The fourth-order valence-corrected chi connectivity index (χ4v) is 1.03. The topological polar surface area (TPSA) is 26.3 Å². The van der Waals surface area contributed by atoms with Gasteiger partial charge < -0.3 is 4.74 Å². The van der Waals surface area contributed by atoms with Gasteiger partial charge in [-0.25, -0.2) is 4.79 Å². The number of benzene rings is 1. The van der Waals surface area contributed by atoms with Crippen LogP contribution < -0.4 is 0 Å². The standard InChI is InChI=1S/C12H15O2/c1-3-4-9-14-12(13)11-7-5-10(2)6-8-11/h5-8H,2-4,9H2,1H3. The van der Waals surface area contributed by atoms with Gasteiger partial charge in [0.15, 0.2) is 0 Å². The lowest BCUT2D eigenvalue weighted by molar-refractivity contribution is 0.0500. The zero-order valence-electron chi connectivity index (χ0n) is 8.45. The average molecular weight is 191 g/mol. The van der Waals surface area contributed by atoms with Gasteiger partial charge in [-0.05, 0) is 31.0 Å². The first-order valence-corrected chi connectivity index (χ1v) is 4.83. The van der Waals surface area contributed by atoms with E-state index in [4.69, 9.17) is 4.74 Å².